The highest BCUT2D eigenvalue weighted by Gasteiger charge is 2.14. The molecular formula is C10H5ClO4. The van der Waals surface area contributed by atoms with Crippen molar-refractivity contribution in [2.45, 2.75) is 0 Å². The molecule has 1 aromatic carbocycles. The Kier molecular flexibility index (Phi) is 2.21. The standard InChI is InChI=1S/C10H5ClO4/c11-7-3-1-2-5-8(13)6(4-12)10(14)15-9(5)7/h1-4,13H. The van der Waals surface area contributed by atoms with Gasteiger partial charge in [0, 0.05) is 0 Å². The molecule has 15 heavy (non-hydrogen) atoms. The van der Waals surface area contributed by atoms with E-state index in [2.05, 4.69) is 0 Å². The lowest BCUT2D eigenvalue weighted by Crippen LogP contribution is -2.06. The van der Waals surface area contributed by atoms with Gasteiger partial charge in [-0.2, -0.15) is 0 Å². The summed E-state index contributed by atoms with van der Waals surface area (Å²) in [6, 6.07) is 4.61. The number of aldehydes is 1. The largest absolute Gasteiger partial charge is 0.506 e. The van der Waals surface area contributed by atoms with Crippen LogP contribution < -0.4 is 5.63 Å². The summed E-state index contributed by atoms with van der Waals surface area (Å²) < 4.78 is 4.82. The molecule has 1 heterocycles. The van der Waals surface area contributed by atoms with Crippen LogP contribution in [0.2, 0.25) is 5.02 Å². The van der Waals surface area contributed by atoms with Crippen molar-refractivity contribution >= 4 is 28.9 Å². The molecule has 0 saturated heterocycles. The van der Waals surface area contributed by atoms with E-state index in [4.69, 9.17) is 16.0 Å². The predicted octanol–water partition coefficient (Wildman–Crippen LogP) is 1.96. The van der Waals surface area contributed by atoms with E-state index in [9.17, 15) is 14.7 Å². The third kappa shape index (κ3) is 1.39. The highest BCUT2D eigenvalue weighted by atomic mass is 35.5. The summed E-state index contributed by atoms with van der Waals surface area (Å²) in [5, 5.41) is 10.1. The minimum absolute atomic E-state index is 0.0762. The lowest BCUT2D eigenvalue weighted by molar-refractivity contribution is 0.111. The van der Waals surface area contributed by atoms with Gasteiger partial charge in [0.25, 0.3) is 0 Å². The molecule has 0 spiro atoms. The van der Waals surface area contributed by atoms with Gasteiger partial charge in [-0.05, 0) is 12.1 Å². The number of para-hydroxylation sites is 1. The smallest absolute Gasteiger partial charge is 0.350 e. The van der Waals surface area contributed by atoms with Gasteiger partial charge in [0.2, 0.25) is 0 Å². The van der Waals surface area contributed by atoms with Gasteiger partial charge < -0.3 is 9.52 Å². The molecule has 2 rings (SSSR count). The maximum absolute atomic E-state index is 11.2. The molecule has 4 nitrogen and oxygen atoms in total. The van der Waals surface area contributed by atoms with E-state index < -0.39 is 16.9 Å². The zero-order valence-electron chi connectivity index (χ0n) is 7.36. The Labute approximate surface area is 88.7 Å². The second-order valence-corrected chi connectivity index (χ2v) is 3.29. The molecule has 1 aromatic heterocycles. The first-order chi connectivity index (χ1) is 7.15. The molecule has 0 bridgehead atoms. The number of rotatable bonds is 1. The van der Waals surface area contributed by atoms with Crippen molar-refractivity contribution in [1.82, 2.24) is 0 Å². The van der Waals surface area contributed by atoms with Crippen LogP contribution in [0.5, 0.6) is 5.75 Å². The molecule has 0 saturated carbocycles. The number of hydrogen-bond acceptors (Lipinski definition) is 4. The van der Waals surface area contributed by atoms with Crippen LogP contribution in [0, 0.1) is 0 Å². The maximum atomic E-state index is 11.2. The quantitative estimate of drug-likeness (QED) is 0.594. The Hall–Kier alpha value is -1.81. The highest BCUT2D eigenvalue weighted by molar-refractivity contribution is 6.35. The number of halogens is 1. The van der Waals surface area contributed by atoms with Crippen LogP contribution in [0.1, 0.15) is 10.4 Å². The number of aromatic hydroxyl groups is 1. The second-order valence-electron chi connectivity index (χ2n) is 2.89. The van der Waals surface area contributed by atoms with E-state index in [0.29, 0.717) is 0 Å². The van der Waals surface area contributed by atoms with Crippen molar-refractivity contribution in [1.29, 1.82) is 0 Å². The fraction of sp³-hybridized carbons (Fsp3) is 0. The molecule has 2 aromatic rings. The van der Waals surface area contributed by atoms with Crippen molar-refractivity contribution < 1.29 is 14.3 Å². The van der Waals surface area contributed by atoms with Crippen molar-refractivity contribution in [2.75, 3.05) is 0 Å². The molecule has 0 aliphatic heterocycles. The minimum Gasteiger partial charge on any atom is -0.506 e. The van der Waals surface area contributed by atoms with Crippen LogP contribution in [0.25, 0.3) is 11.0 Å². The van der Waals surface area contributed by atoms with Gasteiger partial charge in [0.1, 0.15) is 11.3 Å². The average molecular weight is 225 g/mol. The minimum atomic E-state index is -0.900. The molecule has 0 atom stereocenters. The maximum Gasteiger partial charge on any atom is 0.350 e. The molecule has 0 unspecified atom stereocenters. The first kappa shape index (κ1) is 9.73. The van der Waals surface area contributed by atoms with Gasteiger partial charge in [-0.15, -0.1) is 0 Å². The number of fused-ring (bicyclic) bond motifs is 1. The Morgan fingerprint density at radius 3 is 2.80 bits per heavy atom. The van der Waals surface area contributed by atoms with Crippen LogP contribution in [0.15, 0.2) is 27.4 Å². The van der Waals surface area contributed by atoms with Gasteiger partial charge in [-0.3, -0.25) is 4.79 Å². The Balaban J connectivity index is 3.04. The summed E-state index contributed by atoms with van der Waals surface area (Å²) in [5.41, 5.74) is -1.22. The summed E-state index contributed by atoms with van der Waals surface area (Å²) in [4.78, 5) is 21.7. The van der Waals surface area contributed by atoms with Crippen LogP contribution in [0.3, 0.4) is 0 Å². The Morgan fingerprint density at radius 2 is 2.13 bits per heavy atom. The fourth-order valence-electron chi connectivity index (χ4n) is 1.29. The third-order valence-electron chi connectivity index (χ3n) is 2.01. The highest BCUT2D eigenvalue weighted by Crippen LogP contribution is 2.29. The Bertz CT molecular complexity index is 600. The first-order valence-electron chi connectivity index (χ1n) is 4.04. The summed E-state index contributed by atoms with van der Waals surface area (Å²) in [6.07, 6.45) is 0.251. The molecule has 1 N–H and O–H groups in total. The number of carbonyl (C=O) groups excluding carboxylic acids is 1. The SMILES string of the molecule is O=Cc1c(O)c2cccc(Cl)c2oc1=O. The van der Waals surface area contributed by atoms with Crippen LogP contribution in [-0.4, -0.2) is 11.4 Å². The van der Waals surface area contributed by atoms with Crippen LogP contribution in [0.4, 0.5) is 0 Å². The van der Waals surface area contributed by atoms with E-state index in [1.807, 2.05) is 0 Å². The number of benzene rings is 1. The molecule has 0 aliphatic rings. The summed E-state index contributed by atoms with van der Waals surface area (Å²) >= 11 is 5.76. The normalized spacial score (nSPS) is 10.5. The lowest BCUT2D eigenvalue weighted by atomic mass is 10.1. The molecule has 0 fully saturated rings. The Morgan fingerprint density at radius 1 is 1.40 bits per heavy atom. The second kappa shape index (κ2) is 3.40. The van der Waals surface area contributed by atoms with E-state index in [1.54, 1.807) is 6.07 Å². The van der Waals surface area contributed by atoms with Gasteiger partial charge in [-0.25, -0.2) is 4.79 Å². The summed E-state index contributed by atoms with van der Waals surface area (Å²) in [7, 11) is 0. The van der Waals surface area contributed by atoms with Crippen LogP contribution >= 0.6 is 11.6 Å². The summed E-state index contributed by atoms with van der Waals surface area (Å²) in [6.45, 7) is 0. The van der Waals surface area contributed by atoms with Crippen molar-refractivity contribution in [3.05, 3.63) is 39.2 Å². The first-order valence-corrected chi connectivity index (χ1v) is 4.42. The zero-order valence-corrected chi connectivity index (χ0v) is 8.12. The van der Waals surface area contributed by atoms with E-state index in [1.165, 1.54) is 12.1 Å². The molecular weight excluding hydrogens is 220 g/mol. The van der Waals surface area contributed by atoms with Crippen molar-refractivity contribution in [3.63, 3.8) is 0 Å². The van der Waals surface area contributed by atoms with Crippen molar-refractivity contribution in [2.24, 2.45) is 0 Å². The summed E-state index contributed by atoms with van der Waals surface area (Å²) in [5.74, 6) is -0.404. The van der Waals surface area contributed by atoms with Gasteiger partial charge in [-0.1, -0.05) is 17.7 Å². The average Bonchev–Trinajstić information content (AvgIpc) is 2.20. The fourth-order valence-corrected chi connectivity index (χ4v) is 1.51. The van der Waals surface area contributed by atoms with Crippen LogP contribution in [-0.2, 0) is 0 Å². The van der Waals surface area contributed by atoms with Gasteiger partial charge in [0.15, 0.2) is 11.9 Å². The third-order valence-corrected chi connectivity index (χ3v) is 2.31. The monoisotopic (exact) mass is 224 g/mol. The van der Waals surface area contributed by atoms with Crippen molar-refractivity contribution in [3.8, 4) is 5.75 Å². The topological polar surface area (TPSA) is 67.5 Å². The zero-order chi connectivity index (χ0) is 11.0. The number of carbonyl (C=O) groups is 1. The lowest BCUT2D eigenvalue weighted by Gasteiger charge is -2.02. The molecule has 0 amide bonds. The molecule has 5 heteroatoms. The molecule has 76 valence electrons. The predicted molar refractivity (Wildman–Crippen MR) is 54.5 cm³/mol. The molecule has 0 aliphatic carbocycles. The van der Waals surface area contributed by atoms with E-state index in [-0.39, 0.29) is 22.3 Å². The number of hydrogen-bond donors (Lipinski definition) is 1. The van der Waals surface area contributed by atoms with Gasteiger partial charge >= 0.3 is 5.63 Å². The molecule has 0 radical (unpaired) electrons. The van der Waals surface area contributed by atoms with E-state index in [0.717, 1.165) is 0 Å². The van der Waals surface area contributed by atoms with E-state index >= 15 is 0 Å². The van der Waals surface area contributed by atoms with Gasteiger partial charge in [0.05, 0.1) is 10.4 Å².